The molecule has 0 saturated carbocycles. The fraction of sp³-hybridized carbons (Fsp3) is 0.111. The van der Waals surface area contributed by atoms with Crippen LogP contribution in [0.3, 0.4) is 0 Å². The van der Waals surface area contributed by atoms with E-state index in [-0.39, 0.29) is 12.4 Å². The molecule has 0 aromatic heterocycles. The monoisotopic (exact) mass is 195 g/mol. The lowest BCUT2D eigenvalue weighted by atomic mass is 10.3. The van der Waals surface area contributed by atoms with Crippen LogP contribution in [-0.4, -0.2) is 16.6 Å². The van der Waals surface area contributed by atoms with Crippen LogP contribution < -0.4 is 4.74 Å². The van der Waals surface area contributed by atoms with Gasteiger partial charge in [-0.15, -0.1) is 0 Å². The van der Waals surface area contributed by atoms with Crippen molar-refractivity contribution in [3.63, 3.8) is 0 Å². The fourth-order valence-electron chi connectivity index (χ4n) is 0.959. The predicted octanol–water partition coefficient (Wildman–Crippen LogP) is 1.87. The molecule has 0 aliphatic heterocycles. The Morgan fingerprint density at radius 1 is 1.64 bits per heavy atom. The Morgan fingerprint density at radius 3 is 2.93 bits per heavy atom. The number of aromatic hydroxyl groups is 1. The molecular formula is C9H9NO4. The van der Waals surface area contributed by atoms with Crippen LogP contribution in [0.4, 0.5) is 5.69 Å². The number of hydrogen-bond acceptors (Lipinski definition) is 4. The predicted molar refractivity (Wildman–Crippen MR) is 50.5 cm³/mol. The van der Waals surface area contributed by atoms with Crippen LogP contribution in [0, 0.1) is 10.1 Å². The Kier molecular flexibility index (Phi) is 3.06. The molecule has 0 spiro atoms. The van der Waals surface area contributed by atoms with Crippen LogP contribution in [0.25, 0.3) is 0 Å². The summed E-state index contributed by atoms with van der Waals surface area (Å²) < 4.78 is 5.01. The second-order valence-electron chi connectivity index (χ2n) is 2.48. The van der Waals surface area contributed by atoms with E-state index in [0.717, 1.165) is 0 Å². The highest BCUT2D eigenvalue weighted by atomic mass is 16.6. The maximum atomic E-state index is 10.5. The molecule has 74 valence electrons. The zero-order valence-electron chi connectivity index (χ0n) is 7.34. The number of phenols is 1. The summed E-state index contributed by atoms with van der Waals surface area (Å²) in [6.07, 6.45) is 1.47. The van der Waals surface area contributed by atoms with E-state index < -0.39 is 16.4 Å². The minimum Gasteiger partial charge on any atom is -0.502 e. The van der Waals surface area contributed by atoms with Crippen molar-refractivity contribution in [3.8, 4) is 11.5 Å². The summed E-state index contributed by atoms with van der Waals surface area (Å²) in [6, 6.07) is 4.13. The second kappa shape index (κ2) is 4.27. The summed E-state index contributed by atoms with van der Waals surface area (Å²) in [4.78, 5) is 9.86. The van der Waals surface area contributed by atoms with Gasteiger partial charge in [0, 0.05) is 0 Å². The van der Waals surface area contributed by atoms with Crippen molar-refractivity contribution in [1.82, 2.24) is 0 Å². The highest BCUT2D eigenvalue weighted by Gasteiger charge is 2.19. The largest absolute Gasteiger partial charge is 0.502 e. The van der Waals surface area contributed by atoms with Crippen molar-refractivity contribution in [3.05, 3.63) is 41.0 Å². The van der Waals surface area contributed by atoms with E-state index in [9.17, 15) is 15.2 Å². The molecule has 1 rings (SSSR count). The maximum Gasteiger partial charge on any atom is 0.352 e. The molecule has 0 saturated heterocycles. The highest BCUT2D eigenvalue weighted by Crippen LogP contribution is 2.35. The van der Waals surface area contributed by atoms with Crippen molar-refractivity contribution < 1.29 is 14.8 Å². The van der Waals surface area contributed by atoms with E-state index in [1.807, 2.05) is 0 Å². The van der Waals surface area contributed by atoms with E-state index in [2.05, 4.69) is 6.58 Å². The van der Waals surface area contributed by atoms with Gasteiger partial charge >= 0.3 is 5.69 Å². The lowest BCUT2D eigenvalue weighted by Crippen LogP contribution is -1.98. The van der Waals surface area contributed by atoms with Crippen molar-refractivity contribution in [2.24, 2.45) is 0 Å². The van der Waals surface area contributed by atoms with Gasteiger partial charge in [0.2, 0.25) is 5.75 Å². The normalized spacial score (nSPS) is 9.43. The zero-order chi connectivity index (χ0) is 10.6. The Balaban J connectivity index is 3.07. The first kappa shape index (κ1) is 10.0. The average Bonchev–Trinajstić information content (AvgIpc) is 2.14. The third kappa shape index (κ3) is 2.01. The van der Waals surface area contributed by atoms with Crippen LogP contribution in [-0.2, 0) is 0 Å². The van der Waals surface area contributed by atoms with Gasteiger partial charge in [0.25, 0.3) is 0 Å². The number of ether oxygens (including phenoxy) is 1. The summed E-state index contributed by atoms with van der Waals surface area (Å²) >= 11 is 0. The Labute approximate surface area is 80.4 Å². The van der Waals surface area contributed by atoms with Gasteiger partial charge in [-0.3, -0.25) is 10.1 Å². The summed E-state index contributed by atoms with van der Waals surface area (Å²) in [6.45, 7) is 3.57. The molecule has 0 aliphatic rings. The van der Waals surface area contributed by atoms with Gasteiger partial charge in [-0.05, 0) is 12.1 Å². The van der Waals surface area contributed by atoms with Gasteiger partial charge in [0.05, 0.1) is 4.92 Å². The van der Waals surface area contributed by atoms with Gasteiger partial charge in [0.1, 0.15) is 6.61 Å². The molecule has 0 atom stereocenters. The summed E-state index contributed by atoms with van der Waals surface area (Å²) in [5.41, 5.74) is -0.422. The van der Waals surface area contributed by atoms with Crippen molar-refractivity contribution in [1.29, 1.82) is 0 Å². The highest BCUT2D eigenvalue weighted by molar-refractivity contribution is 5.56. The maximum absolute atomic E-state index is 10.5. The van der Waals surface area contributed by atoms with Crippen LogP contribution in [0.2, 0.25) is 0 Å². The van der Waals surface area contributed by atoms with E-state index in [0.29, 0.717) is 0 Å². The Morgan fingerprint density at radius 2 is 2.36 bits per heavy atom. The Bertz CT molecular complexity index is 362. The van der Waals surface area contributed by atoms with Crippen LogP contribution in [0.15, 0.2) is 30.9 Å². The summed E-state index contributed by atoms with van der Waals surface area (Å²) in [5, 5.41) is 19.8. The van der Waals surface area contributed by atoms with Gasteiger partial charge < -0.3 is 9.84 Å². The minimum atomic E-state index is -0.687. The van der Waals surface area contributed by atoms with Gasteiger partial charge in [0.15, 0.2) is 5.75 Å². The first-order valence-electron chi connectivity index (χ1n) is 3.87. The summed E-state index contributed by atoms with van der Waals surface area (Å²) in [5.74, 6) is -0.369. The number of para-hydroxylation sites is 1. The molecule has 1 aromatic carbocycles. The summed E-state index contributed by atoms with van der Waals surface area (Å²) in [7, 11) is 0. The molecule has 5 nitrogen and oxygen atoms in total. The molecule has 0 fully saturated rings. The third-order valence-corrected chi connectivity index (χ3v) is 1.52. The first-order valence-corrected chi connectivity index (χ1v) is 3.87. The van der Waals surface area contributed by atoms with E-state index >= 15 is 0 Å². The van der Waals surface area contributed by atoms with Gasteiger partial charge in [-0.1, -0.05) is 18.7 Å². The van der Waals surface area contributed by atoms with Crippen molar-refractivity contribution in [2.75, 3.05) is 6.61 Å². The van der Waals surface area contributed by atoms with E-state index in [1.54, 1.807) is 0 Å². The molecule has 0 aliphatic carbocycles. The smallest absolute Gasteiger partial charge is 0.352 e. The topological polar surface area (TPSA) is 72.6 Å². The molecule has 5 heteroatoms. The minimum absolute atomic E-state index is 0.0369. The first-order chi connectivity index (χ1) is 6.66. The van der Waals surface area contributed by atoms with E-state index in [4.69, 9.17) is 4.74 Å². The number of nitro benzene ring substituents is 1. The quantitative estimate of drug-likeness (QED) is 0.452. The van der Waals surface area contributed by atoms with Crippen molar-refractivity contribution in [2.45, 2.75) is 0 Å². The molecule has 0 unspecified atom stereocenters. The standard InChI is InChI=1S/C9H9NO4/c1-2-6-14-8-5-3-4-7(11)9(8)10(12)13/h2-5,11H,1,6H2. The third-order valence-electron chi connectivity index (χ3n) is 1.52. The molecule has 1 aromatic rings. The molecule has 0 radical (unpaired) electrons. The molecule has 1 N–H and O–H groups in total. The van der Waals surface area contributed by atoms with Crippen LogP contribution in [0.1, 0.15) is 0 Å². The lowest BCUT2D eigenvalue weighted by Gasteiger charge is -2.04. The lowest BCUT2D eigenvalue weighted by molar-refractivity contribution is -0.386. The SMILES string of the molecule is C=CCOc1cccc(O)c1[N+](=O)[O-]. The number of nitrogens with zero attached hydrogens (tertiary/aromatic N) is 1. The fourth-order valence-corrected chi connectivity index (χ4v) is 0.959. The van der Waals surface area contributed by atoms with Gasteiger partial charge in [-0.25, -0.2) is 0 Å². The van der Waals surface area contributed by atoms with Crippen LogP contribution >= 0.6 is 0 Å². The number of benzene rings is 1. The molecular weight excluding hydrogens is 186 g/mol. The van der Waals surface area contributed by atoms with Crippen LogP contribution in [0.5, 0.6) is 11.5 Å². The molecule has 14 heavy (non-hydrogen) atoms. The van der Waals surface area contributed by atoms with Crippen molar-refractivity contribution >= 4 is 5.69 Å². The second-order valence-corrected chi connectivity index (χ2v) is 2.48. The molecule has 0 amide bonds. The van der Waals surface area contributed by atoms with Gasteiger partial charge in [-0.2, -0.15) is 0 Å². The number of phenolic OH excluding ortho intramolecular Hbond substituents is 1. The molecule has 0 bridgehead atoms. The number of rotatable bonds is 4. The average molecular weight is 195 g/mol. The number of nitro groups is 1. The Hall–Kier alpha value is -2.04. The van der Waals surface area contributed by atoms with E-state index in [1.165, 1.54) is 24.3 Å². The number of hydrogen-bond donors (Lipinski definition) is 1. The molecule has 0 heterocycles. The zero-order valence-corrected chi connectivity index (χ0v) is 7.34.